The second-order valence-corrected chi connectivity index (χ2v) is 2.90. The average molecular weight is 221 g/mol. The molecule has 1 heterocycles. The van der Waals surface area contributed by atoms with Gasteiger partial charge in [0.1, 0.15) is 10.8 Å². The zero-order valence-electron chi connectivity index (χ0n) is 6.42. The van der Waals surface area contributed by atoms with Crippen molar-refractivity contribution in [2.24, 2.45) is 5.73 Å². The molecule has 13 heavy (non-hydrogen) atoms. The van der Waals surface area contributed by atoms with Crippen LogP contribution in [0.2, 0.25) is 10.3 Å². The Labute approximate surface area is 84.3 Å². The van der Waals surface area contributed by atoms with E-state index >= 15 is 0 Å². The van der Waals surface area contributed by atoms with Crippen LogP contribution >= 0.6 is 23.2 Å². The summed E-state index contributed by atoms with van der Waals surface area (Å²) in [4.78, 5) is 17.8. The third-order valence-corrected chi connectivity index (χ3v) is 1.60. The van der Waals surface area contributed by atoms with Crippen molar-refractivity contribution < 1.29 is 4.79 Å². The van der Waals surface area contributed by atoms with Crippen molar-refractivity contribution in [2.75, 3.05) is 11.9 Å². The van der Waals surface area contributed by atoms with E-state index in [9.17, 15) is 4.79 Å². The molecule has 1 rings (SSSR count). The van der Waals surface area contributed by atoms with Crippen molar-refractivity contribution in [2.45, 2.75) is 0 Å². The number of carbonyl (C=O) groups excluding carboxylic acids is 1. The number of primary amides is 1. The molecule has 1 amide bonds. The standard InChI is InChI=1S/C6H6Cl2N4O/c7-3-1-11-6(8)12-5(3)10-2-4(9)13/h1H,2H2,(H2,9,13)(H,10,11,12). The highest BCUT2D eigenvalue weighted by Gasteiger charge is 2.04. The van der Waals surface area contributed by atoms with E-state index in [0.717, 1.165) is 0 Å². The van der Waals surface area contributed by atoms with Gasteiger partial charge < -0.3 is 11.1 Å². The number of halogens is 2. The largest absolute Gasteiger partial charge is 0.368 e. The minimum atomic E-state index is -0.509. The molecule has 0 fully saturated rings. The SMILES string of the molecule is NC(=O)CNc1nc(Cl)ncc1Cl. The van der Waals surface area contributed by atoms with Crippen molar-refractivity contribution in [1.29, 1.82) is 0 Å². The van der Waals surface area contributed by atoms with Gasteiger partial charge in [-0.3, -0.25) is 4.79 Å². The van der Waals surface area contributed by atoms with Crippen LogP contribution in [0.5, 0.6) is 0 Å². The predicted molar refractivity (Wildman–Crippen MR) is 49.7 cm³/mol. The maximum Gasteiger partial charge on any atom is 0.236 e. The number of nitrogens with zero attached hydrogens (tertiary/aromatic N) is 2. The normalized spacial score (nSPS) is 9.69. The smallest absolute Gasteiger partial charge is 0.236 e. The fourth-order valence-corrected chi connectivity index (χ4v) is 0.932. The summed E-state index contributed by atoms with van der Waals surface area (Å²) in [5.74, 6) is -0.216. The molecule has 0 saturated heterocycles. The Morgan fingerprint density at radius 1 is 1.62 bits per heavy atom. The zero-order chi connectivity index (χ0) is 9.84. The molecule has 0 aliphatic rings. The summed E-state index contributed by atoms with van der Waals surface area (Å²) in [6, 6.07) is 0. The number of hydrogen-bond acceptors (Lipinski definition) is 4. The Kier molecular flexibility index (Phi) is 3.27. The molecule has 0 aliphatic heterocycles. The number of nitrogens with one attached hydrogen (secondary N) is 1. The molecule has 1 aromatic heterocycles. The number of anilines is 1. The third-order valence-electron chi connectivity index (χ3n) is 1.14. The van der Waals surface area contributed by atoms with E-state index in [-0.39, 0.29) is 16.9 Å². The summed E-state index contributed by atoms with van der Waals surface area (Å²) >= 11 is 11.2. The zero-order valence-corrected chi connectivity index (χ0v) is 7.93. The molecular formula is C6H6Cl2N4O. The summed E-state index contributed by atoms with van der Waals surface area (Å²) in [6.45, 7) is -0.0485. The highest BCUT2D eigenvalue weighted by molar-refractivity contribution is 6.33. The van der Waals surface area contributed by atoms with Crippen LogP contribution in [0.25, 0.3) is 0 Å². The minimum absolute atomic E-state index is 0.0485. The van der Waals surface area contributed by atoms with E-state index in [2.05, 4.69) is 15.3 Å². The van der Waals surface area contributed by atoms with Crippen LogP contribution in [0, 0.1) is 0 Å². The van der Waals surface area contributed by atoms with E-state index in [1.807, 2.05) is 0 Å². The summed E-state index contributed by atoms with van der Waals surface area (Å²) in [6.07, 6.45) is 1.33. The van der Waals surface area contributed by atoms with E-state index in [4.69, 9.17) is 28.9 Å². The molecule has 0 aliphatic carbocycles. The van der Waals surface area contributed by atoms with Gasteiger partial charge in [0.15, 0.2) is 0 Å². The van der Waals surface area contributed by atoms with Gasteiger partial charge in [0.05, 0.1) is 12.7 Å². The number of aromatic nitrogens is 2. The van der Waals surface area contributed by atoms with Gasteiger partial charge in [0.2, 0.25) is 11.2 Å². The number of amides is 1. The van der Waals surface area contributed by atoms with Gasteiger partial charge in [0, 0.05) is 0 Å². The van der Waals surface area contributed by atoms with Crippen molar-refractivity contribution in [3.05, 3.63) is 16.5 Å². The summed E-state index contributed by atoms with van der Waals surface area (Å²) in [5, 5.41) is 2.95. The molecular weight excluding hydrogens is 215 g/mol. The van der Waals surface area contributed by atoms with Crippen molar-refractivity contribution in [3.63, 3.8) is 0 Å². The highest BCUT2D eigenvalue weighted by atomic mass is 35.5. The highest BCUT2D eigenvalue weighted by Crippen LogP contribution is 2.18. The monoisotopic (exact) mass is 220 g/mol. The molecule has 7 heteroatoms. The lowest BCUT2D eigenvalue weighted by Gasteiger charge is -2.03. The predicted octanol–water partition coefficient (Wildman–Crippen LogP) is 0.681. The van der Waals surface area contributed by atoms with Gasteiger partial charge in [-0.15, -0.1) is 0 Å². The summed E-state index contributed by atoms with van der Waals surface area (Å²) < 4.78 is 0. The maximum atomic E-state index is 10.4. The van der Waals surface area contributed by atoms with Gasteiger partial charge in [-0.25, -0.2) is 4.98 Å². The molecule has 1 aromatic rings. The number of hydrogen-bond donors (Lipinski definition) is 2. The Bertz CT molecular complexity index is 330. The van der Waals surface area contributed by atoms with E-state index in [1.165, 1.54) is 6.20 Å². The topological polar surface area (TPSA) is 80.9 Å². The molecule has 0 spiro atoms. The molecule has 0 atom stereocenters. The third kappa shape index (κ3) is 3.04. The van der Waals surface area contributed by atoms with Crippen LogP contribution in [-0.4, -0.2) is 22.4 Å². The second kappa shape index (κ2) is 4.25. The molecule has 0 saturated carbocycles. The van der Waals surface area contributed by atoms with Crippen LogP contribution in [-0.2, 0) is 4.79 Å². The minimum Gasteiger partial charge on any atom is -0.368 e. The molecule has 5 nitrogen and oxygen atoms in total. The van der Waals surface area contributed by atoms with E-state index in [1.54, 1.807) is 0 Å². The van der Waals surface area contributed by atoms with Gasteiger partial charge in [-0.05, 0) is 11.6 Å². The fourth-order valence-electron chi connectivity index (χ4n) is 0.640. The lowest BCUT2D eigenvalue weighted by Crippen LogP contribution is -2.22. The van der Waals surface area contributed by atoms with Gasteiger partial charge in [-0.2, -0.15) is 4.98 Å². The second-order valence-electron chi connectivity index (χ2n) is 2.16. The Morgan fingerprint density at radius 3 is 2.92 bits per heavy atom. The first-order chi connectivity index (χ1) is 6.09. The van der Waals surface area contributed by atoms with E-state index in [0.29, 0.717) is 5.82 Å². The maximum absolute atomic E-state index is 10.4. The molecule has 70 valence electrons. The van der Waals surface area contributed by atoms with E-state index < -0.39 is 5.91 Å². The van der Waals surface area contributed by atoms with Crippen LogP contribution in [0.15, 0.2) is 6.20 Å². The first-order valence-electron chi connectivity index (χ1n) is 3.30. The summed E-state index contributed by atoms with van der Waals surface area (Å²) in [5.41, 5.74) is 4.91. The molecule has 0 radical (unpaired) electrons. The van der Waals surface area contributed by atoms with Crippen LogP contribution in [0.1, 0.15) is 0 Å². The van der Waals surface area contributed by atoms with Crippen molar-refractivity contribution in [1.82, 2.24) is 9.97 Å². The Balaban J connectivity index is 2.75. The van der Waals surface area contributed by atoms with Gasteiger partial charge >= 0.3 is 0 Å². The lowest BCUT2D eigenvalue weighted by molar-refractivity contribution is -0.116. The number of rotatable bonds is 3. The molecule has 3 N–H and O–H groups in total. The number of nitrogens with two attached hydrogens (primary N) is 1. The van der Waals surface area contributed by atoms with Crippen LogP contribution in [0.4, 0.5) is 5.82 Å². The van der Waals surface area contributed by atoms with Crippen molar-refractivity contribution >= 4 is 34.9 Å². The first-order valence-corrected chi connectivity index (χ1v) is 4.05. The molecule has 0 unspecified atom stereocenters. The van der Waals surface area contributed by atoms with Gasteiger partial charge in [-0.1, -0.05) is 11.6 Å². The Morgan fingerprint density at radius 2 is 2.31 bits per heavy atom. The quantitative estimate of drug-likeness (QED) is 0.735. The van der Waals surface area contributed by atoms with Crippen LogP contribution < -0.4 is 11.1 Å². The van der Waals surface area contributed by atoms with Crippen LogP contribution in [0.3, 0.4) is 0 Å². The first kappa shape index (κ1) is 10.0. The summed E-state index contributed by atoms with van der Waals surface area (Å²) in [7, 11) is 0. The lowest BCUT2D eigenvalue weighted by atomic mass is 10.5. The molecule has 0 bridgehead atoms. The van der Waals surface area contributed by atoms with Crippen molar-refractivity contribution in [3.8, 4) is 0 Å². The van der Waals surface area contributed by atoms with Gasteiger partial charge in [0.25, 0.3) is 0 Å². The molecule has 0 aromatic carbocycles. The Hall–Kier alpha value is -1.07. The average Bonchev–Trinajstić information content (AvgIpc) is 2.06. The fraction of sp³-hybridized carbons (Fsp3) is 0.167. The number of carbonyl (C=O) groups is 1.